The Morgan fingerprint density at radius 3 is 2.38 bits per heavy atom. The topological polar surface area (TPSA) is 94.0 Å². The van der Waals surface area contributed by atoms with Crippen LogP contribution in [0.3, 0.4) is 0 Å². The summed E-state index contributed by atoms with van der Waals surface area (Å²) in [6.07, 6.45) is -2.81. The zero-order chi connectivity index (χ0) is 30.4. The van der Waals surface area contributed by atoms with Crippen molar-refractivity contribution in [2.75, 3.05) is 6.54 Å². The number of hydrogen-bond acceptors (Lipinski definition) is 5. The number of nitrogens with one attached hydrogen (secondary N) is 2. The summed E-state index contributed by atoms with van der Waals surface area (Å²) >= 11 is 0. The van der Waals surface area contributed by atoms with E-state index in [0.717, 1.165) is 17.7 Å². The lowest BCUT2D eigenvalue weighted by Gasteiger charge is -2.30. The summed E-state index contributed by atoms with van der Waals surface area (Å²) in [5.41, 5.74) is 0.192. The molecule has 2 aromatic carbocycles. The first-order valence-corrected chi connectivity index (χ1v) is 13.1. The van der Waals surface area contributed by atoms with Crippen LogP contribution in [-0.4, -0.2) is 39.9 Å². The number of alkyl carbamates (subject to hydrolysis) is 1. The van der Waals surface area contributed by atoms with Crippen LogP contribution in [0.2, 0.25) is 0 Å². The quantitative estimate of drug-likeness (QED) is 0.214. The van der Waals surface area contributed by atoms with Crippen LogP contribution in [0.1, 0.15) is 46.2 Å². The summed E-state index contributed by atoms with van der Waals surface area (Å²) in [7, 11) is 0. The van der Waals surface area contributed by atoms with Crippen LogP contribution in [0, 0.1) is 25.5 Å². The van der Waals surface area contributed by atoms with Gasteiger partial charge in [0.1, 0.15) is 30.5 Å². The van der Waals surface area contributed by atoms with E-state index in [-0.39, 0.29) is 35.8 Å². The van der Waals surface area contributed by atoms with Gasteiger partial charge in [0, 0.05) is 19.2 Å². The number of hydrogen-bond donors (Lipinski definition) is 2. The molecule has 0 saturated carbocycles. The van der Waals surface area contributed by atoms with Crippen LogP contribution < -0.4 is 15.4 Å². The number of aromatic nitrogens is 2. The highest BCUT2D eigenvalue weighted by Crippen LogP contribution is 2.26. The fourth-order valence-corrected chi connectivity index (χ4v) is 4.43. The van der Waals surface area contributed by atoms with E-state index in [0.29, 0.717) is 11.3 Å². The molecule has 42 heavy (non-hydrogen) atoms. The van der Waals surface area contributed by atoms with Crippen molar-refractivity contribution >= 4 is 17.6 Å². The highest BCUT2D eigenvalue weighted by molar-refractivity contribution is 5.95. The van der Waals surface area contributed by atoms with E-state index >= 15 is 0 Å². The Labute approximate surface area is 239 Å². The van der Waals surface area contributed by atoms with Gasteiger partial charge in [-0.3, -0.25) is 9.20 Å². The lowest BCUT2D eigenvalue weighted by molar-refractivity contribution is 0.0781. The average Bonchev–Trinajstić information content (AvgIpc) is 3.26. The second-order valence-corrected chi connectivity index (χ2v) is 10.1. The number of pyridine rings is 1. The molecule has 4 rings (SSSR count). The molecule has 2 amide bonds. The van der Waals surface area contributed by atoms with Gasteiger partial charge in [0.25, 0.3) is 5.91 Å². The summed E-state index contributed by atoms with van der Waals surface area (Å²) in [4.78, 5) is 30.2. The standard InChI is InChI=1S/C30H30F4N4O4/c1-18-12-24(41-16-21-22(31)10-7-11-23(21)32)27-36-19(2)26(38(27)14-18)28(39)35-17-30(3,13-25(33)34)37-29(40)42-15-20-8-5-4-6-9-20/h4-12,14,25H,13,15-17H2,1-3H3,(H,35,39)(H,37,40). The number of amides is 2. The van der Waals surface area contributed by atoms with Gasteiger partial charge in [-0.2, -0.15) is 0 Å². The zero-order valence-corrected chi connectivity index (χ0v) is 23.2. The number of fused-ring (bicyclic) bond motifs is 1. The Balaban J connectivity index is 1.50. The minimum absolute atomic E-state index is 0.0574. The van der Waals surface area contributed by atoms with Gasteiger partial charge in [0.05, 0.1) is 16.8 Å². The minimum Gasteiger partial charge on any atom is -0.485 e. The first-order chi connectivity index (χ1) is 20.0. The monoisotopic (exact) mass is 586 g/mol. The highest BCUT2D eigenvalue weighted by Gasteiger charge is 2.32. The molecule has 0 aliphatic heterocycles. The molecular weight excluding hydrogens is 556 g/mol. The Kier molecular flexibility index (Phi) is 9.34. The number of rotatable bonds is 11. The highest BCUT2D eigenvalue weighted by atomic mass is 19.3. The van der Waals surface area contributed by atoms with Crippen molar-refractivity contribution in [3.8, 4) is 5.75 Å². The number of carbonyl (C=O) groups is 2. The second-order valence-electron chi connectivity index (χ2n) is 10.1. The Morgan fingerprint density at radius 1 is 1.02 bits per heavy atom. The van der Waals surface area contributed by atoms with Crippen LogP contribution in [0.5, 0.6) is 5.75 Å². The van der Waals surface area contributed by atoms with Crippen molar-refractivity contribution in [1.29, 1.82) is 0 Å². The Morgan fingerprint density at radius 2 is 1.71 bits per heavy atom. The van der Waals surface area contributed by atoms with Gasteiger partial charge < -0.3 is 20.1 Å². The molecule has 1 atom stereocenters. The number of ether oxygens (including phenoxy) is 2. The number of imidazole rings is 1. The number of benzene rings is 2. The summed E-state index contributed by atoms with van der Waals surface area (Å²) in [5, 5.41) is 5.06. The molecule has 0 radical (unpaired) electrons. The first kappa shape index (κ1) is 30.4. The van der Waals surface area contributed by atoms with E-state index < -0.39 is 48.6 Å². The van der Waals surface area contributed by atoms with Gasteiger partial charge >= 0.3 is 6.09 Å². The smallest absolute Gasteiger partial charge is 0.407 e. The van der Waals surface area contributed by atoms with Crippen LogP contribution in [0.25, 0.3) is 5.65 Å². The molecule has 1 unspecified atom stereocenters. The lowest BCUT2D eigenvalue weighted by Crippen LogP contribution is -2.54. The van der Waals surface area contributed by atoms with Crippen LogP contribution in [0.4, 0.5) is 22.4 Å². The van der Waals surface area contributed by atoms with Crippen molar-refractivity contribution in [2.24, 2.45) is 0 Å². The van der Waals surface area contributed by atoms with Gasteiger partial charge in [-0.1, -0.05) is 36.4 Å². The molecule has 0 bridgehead atoms. The van der Waals surface area contributed by atoms with Crippen molar-refractivity contribution < 1.29 is 36.6 Å². The van der Waals surface area contributed by atoms with Crippen LogP contribution in [0.15, 0.2) is 60.8 Å². The molecule has 12 heteroatoms. The molecule has 0 spiro atoms. The maximum Gasteiger partial charge on any atom is 0.407 e. The van der Waals surface area contributed by atoms with Crippen molar-refractivity contribution in [3.05, 3.63) is 101 Å². The van der Waals surface area contributed by atoms with E-state index in [1.54, 1.807) is 56.4 Å². The SMILES string of the molecule is Cc1cc(OCc2c(F)cccc2F)c2nc(C)c(C(=O)NCC(C)(CC(F)F)NC(=O)OCc3ccccc3)n2c1. The van der Waals surface area contributed by atoms with Gasteiger partial charge in [0.2, 0.25) is 6.43 Å². The molecule has 4 aromatic rings. The van der Waals surface area contributed by atoms with E-state index in [9.17, 15) is 27.2 Å². The molecule has 2 heterocycles. The Bertz CT molecular complexity index is 1560. The molecule has 2 aromatic heterocycles. The summed E-state index contributed by atoms with van der Waals surface area (Å²) in [5.74, 6) is -1.98. The molecular formula is C30H30F4N4O4. The number of halogens is 4. The van der Waals surface area contributed by atoms with E-state index in [2.05, 4.69) is 15.6 Å². The van der Waals surface area contributed by atoms with Crippen molar-refractivity contribution in [2.45, 2.75) is 52.4 Å². The van der Waals surface area contributed by atoms with Gasteiger partial charge in [-0.25, -0.2) is 27.3 Å². The van der Waals surface area contributed by atoms with Gasteiger partial charge in [-0.05, 0) is 50.1 Å². The summed E-state index contributed by atoms with van der Waals surface area (Å²) < 4.78 is 67.5. The first-order valence-electron chi connectivity index (χ1n) is 13.1. The molecule has 0 aliphatic rings. The van der Waals surface area contributed by atoms with E-state index in [1.165, 1.54) is 17.4 Å². The summed E-state index contributed by atoms with van der Waals surface area (Å²) in [6, 6.07) is 14.0. The lowest BCUT2D eigenvalue weighted by atomic mass is 9.98. The van der Waals surface area contributed by atoms with Crippen molar-refractivity contribution in [3.63, 3.8) is 0 Å². The predicted octanol–water partition coefficient (Wildman–Crippen LogP) is 5.88. The molecule has 2 N–H and O–H groups in total. The predicted molar refractivity (Wildman–Crippen MR) is 146 cm³/mol. The van der Waals surface area contributed by atoms with Gasteiger partial charge in [0.15, 0.2) is 11.4 Å². The number of carbonyl (C=O) groups excluding carboxylic acids is 2. The largest absolute Gasteiger partial charge is 0.485 e. The fourth-order valence-electron chi connectivity index (χ4n) is 4.43. The number of nitrogens with zero attached hydrogens (tertiary/aromatic N) is 2. The van der Waals surface area contributed by atoms with Crippen LogP contribution >= 0.6 is 0 Å². The molecule has 0 saturated heterocycles. The number of aryl methyl sites for hydroxylation is 2. The zero-order valence-electron chi connectivity index (χ0n) is 23.2. The second kappa shape index (κ2) is 12.9. The summed E-state index contributed by atoms with van der Waals surface area (Å²) in [6.45, 7) is 3.88. The van der Waals surface area contributed by atoms with Crippen molar-refractivity contribution in [1.82, 2.24) is 20.0 Å². The third-order valence-electron chi connectivity index (χ3n) is 6.51. The van der Waals surface area contributed by atoms with E-state index in [1.807, 2.05) is 0 Å². The fraction of sp³-hybridized carbons (Fsp3) is 0.300. The Hall–Kier alpha value is -4.61. The molecule has 0 aliphatic carbocycles. The van der Waals surface area contributed by atoms with E-state index in [4.69, 9.17) is 9.47 Å². The van der Waals surface area contributed by atoms with Crippen LogP contribution in [-0.2, 0) is 18.0 Å². The number of alkyl halides is 2. The third-order valence-corrected chi connectivity index (χ3v) is 6.51. The normalized spacial score (nSPS) is 12.7. The molecule has 8 nitrogen and oxygen atoms in total. The molecule has 0 fully saturated rings. The maximum absolute atomic E-state index is 14.1. The van der Waals surface area contributed by atoms with Gasteiger partial charge in [-0.15, -0.1) is 0 Å². The third kappa shape index (κ3) is 7.36. The average molecular weight is 587 g/mol. The minimum atomic E-state index is -2.78. The maximum atomic E-state index is 14.1. The molecule has 222 valence electrons.